The van der Waals surface area contributed by atoms with Crippen LogP contribution in [0.25, 0.3) is 0 Å². The predicted octanol–water partition coefficient (Wildman–Crippen LogP) is 1.80. The first-order valence-corrected chi connectivity index (χ1v) is 10.0. The van der Waals surface area contributed by atoms with Crippen molar-refractivity contribution in [1.29, 1.82) is 0 Å². The van der Waals surface area contributed by atoms with Crippen LogP contribution < -0.4 is 10.5 Å². The van der Waals surface area contributed by atoms with E-state index in [2.05, 4.69) is 18.0 Å². The van der Waals surface area contributed by atoms with Gasteiger partial charge in [0.2, 0.25) is 0 Å². The lowest BCUT2D eigenvalue weighted by Crippen LogP contribution is -2.81. The maximum atomic E-state index is 10.6. The highest BCUT2D eigenvalue weighted by atomic mass is 16.6. The van der Waals surface area contributed by atoms with Gasteiger partial charge in [-0.3, -0.25) is 0 Å². The molecule has 6 atom stereocenters. The second kappa shape index (κ2) is 4.57. The molecule has 26 heavy (non-hydrogen) atoms. The van der Waals surface area contributed by atoms with Crippen molar-refractivity contribution in [3.8, 4) is 11.5 Å². The Morgan fingerprint density at radius 2 is 2.19 bits per heavy atom. The second-order valence-corrected chi connectivity index (χ2v) is 9.32. The quantitative estimate of drug-likeness (QED) is 0.846. The molecule has 4 bridgehead atoms. The number of benzene rings is 1. The number of piperidine rings is 1. The number of methoxy groups -OCH3 is 1. The number of nitrogens with two attached hydrogens (primary N) is 1. The summed E-state index contributed by atoms with van der Waals surface area (Å²) in [6.45, 7) is 1.71. The van der Waals surface area contributed by atoms with Gasteiger partial charge in [-0.1, -0.05) is 6.07 Å². The topological polar surface area (TPSA) is 68.0 Å². The zero-order chi connectivity index (χ0) is 17.9. The first kappa shape index (κ1) is 15.7. The van der Waals surface area contributed by atoms with Gasteiger partial charge in [0.1, 0.15) is 11.7 Å². The molecule has 140 valence electrons. The summed E-state index contributed by atoms with van der Waals surface area (Å²) >= 11 is 0. The molecule has 4 aliphatic carbocycles. The Balaban J connectivity index is 1.70. The minimum atomic E-state index is -0.336. The molecule has 2 heterocycles. The van der Waals surface area contributed by atoms with Gasteiger partial charge < -0.3 is 25.2 Å². The van der Waals surface area contributed by atoms with E-state index < -0.39 is 0 Å². The van der Waals surface area contributed by atoms with Crippen molar-refractivity contribution < 1.29 is 14.6 Å². The van der Waals surface area contributed by atoms with E-state index in [1.807, 2.05) is 13.2 Å². The summed E-state index contributed by atoms with van der Waals surface area (Å²) in [5.41, 5.74) is 8.77. The molecular weight excluding hydrogens is 328 g/mol. The fourth-order valence-electron chi connectivity index (χ4n) is 8.11. The van der Waals surface area contributed by atoms with Crippen molar-refractivity contribution in [1.82, 2.24) is 4.90 Å². The third-order valence-corrected chi connectivity index (χ3v) is 9.06. The molecular formula is C21H28N2O3. The Morgan fingerprint density at radius 3 is 2.96 bits per heavy atom. The van der Waals surface area contributed by atoms with E-state index in [-0.39, 0.29) is 28.3 Å². The van der Waals surface area contributed by atoms with Crippen LogP contribution in [0.15, 0.2) is 12.1 Å². The first-order valence-electron chi connectivity index (χ1n) is 10.0. The predicted molar refractivity (Wildman–Crippen MR) is 97.5 cm³/mol. The molecule has 7 rings (SSSR count). The summed E-state index contributed by atoms with van der Waals surface area (Å²) in [4.78, 5) is 2.58. The van der Waals surface area contributed by atoms with Gasteiger partial charge in [-0.2, -0.15) is 0 Å². The van der Waals surface area contributed by atoms with Crippen LogP contribution in [-0.4, -0.2) is 55.0 Å². The number of hydrogen-bond acceptors (Lipinski definition) is 5. The minimum Gasteiger partial charge on any atom is -0.504 e. The molecule has 3 saturated carbocycles. The third-order valence-electron chi connectivity index (χ3n) is 9.06. The Morgan fingerprint density at radius 1 is 1.35 bits per heavy atom. The molecule has 1 saturated heterocycles. The molecule has 0 unspecified atom stereocenters. The molecule has 2 aliphatic heterocycles. The fraction of sp³-hybridized carbons (Fsp3) is 0.714. The van der Waals surface area contributed by atoms with Crippen molar-refractivity contribution in [2.75, 3.05) is 27.2 Å². The molecule has 0 radical (unpaired) electrons. The summed E-state index contributed by atoms with van der Waals surface area (Å²) < 4.78 is 12.9. The van der Waals surface area contributed by atoms with Gasteiger partial charge in [-0.05, 0) is 63.9 Å². The van der Waals surface area contributed by atoms with Gasteiger partial charge in [-0.25, -0.2) is 0 Å². The molecule has 2 spiro atoms. The van der Waals surface area contributed by atoms with Gasteiger partial charge in [0.25, 0.3) is 0 Å². The SMILES string of the molecule is CO[C@]12CC[C@@]3(C[C@@H]1CN)[C@H]1Cc4ccc(O)c5c4[C@@]3(CCN1C)[C@H]2O5. The van der Waals surface area contributed by atoms with Crippen molar-refractivity contribution >= 4 is 0 Å². The standard InChI is InChI=1S/C21H28N2O3/c1-23-8-7-20-16-12-3-4-14(24)17(16)26-18(20)21(25-2)6-5-19(20,15(23)9-12)10-13(21)11-22/h3-4,13,15,18,24H,5-11,22H2,1-2H3/t13-,15-,18-,19-,20+,21-/m1/s1. The highest BCUT2D eigenvalue weighted by molar-refractivity contribution is 5.63. The highest BCUT2D eigenvalue weighted by Crippen LogP contribution is 2.76. The molecule has 5 nitrogen and oxygen atoms in total. The first-order chi connectivity index (χ1) is 12.5. The number of fused-ring (bicyclic) bond motifs is 2. The van der Waals surface area contributed by atoms with E-state index in [1.54, 1.807) is 0 Å². The van der Waals surface area contributed by atoms with Gasteiger partial charge in [0.05, 0.1) is 0 Å². The number of likely N-dealkylation sites (tertiary alicyclic amines) is 1. The minimum absolute atomic E-state index is 0.0328. The summed E-state index contributed by atoms with van der Waals surface area (Å²) in [5.74, 6) is 1.34. The van der Waals surface area contributed by atoms with Crippen LogP contribution in [0.3, 0.4) is 0 Å². The summed E-state index contributed by atoms with van der Waals surface area (Å²) in [6, 6.07) is 4.47. The molecule has 5 heteroatoms. The van der Waals surface area contributed by atoms with E-state index >= 15 is 0 Å². The van der Waals surface area contributed by atoms with Gasteiger partial charge in [0, 0.05) is 35.5 Å². The third kappa shape index (κ3) is 1.33. The lowest BCUT2D eigenvalue weighted by atomic mass is 9.35. The normalized spacial score (nSPS) is 47.6. The molecule has 1 aromatic carbocycles. The molecule has 1 aromatic rings. The van der Waals surface area contributed by atoms with Crippen molar-refractivity contribution in [3.05, 3.63) is 23.3 Å². The lowest BCUT2D eigenvalue weighted by Gasteiger charge is -2.73. The summed E-state index contributed by atoms with van der Waals surface area (Å²) in [6.07, 6.45) is 5.38. The van der Waals surface area contributed by atoms with Crippen LogP contribution in [0, 0.1) is 11.3 Å². The number of rotatable bonds is 2. The second-order valence-electron chi connectivity index (χ2n) is 9.32. The maximum Gasteiger partial charge on any atom is 0.165 e. The smallest absolute Gasteiger partial charge is 0.165 e. The Bertz CT molecular complexity index is 813. The van der Waals surface area contributed by atoms with Crippen molar-refractivity contribution in [2.45, 2.75) is 55.3 Å². The number of likely N-dealkylation sites (N-methyl/N-ethyl adjacent to an activating group) is 1. The molecule has 6 aliphatic rings. The summed E-state index contributed by atoms with van der Waals surface area (Å²) in [5, 5.41) is 10.6. The van der Waals surface area contributed by atoms with Crippen LogP contribution in [0.2, 0.25) is 0 Å². The van der Waals surface area contributed by atoms with Gasteiger partial charge in [0.15, 0.2) is 11.5 Å². The van der Waals surface area contributed by atoms with E-state index in [0.29, 0.717) is 18.5 Å². The molecule has 3 N–H and O–H groups in total. The zero-order valence-corrected chi connectivity index (χ0v) is 15.6. The number of aromatic hydroxyl groups is 1. The Labute approximate surface area is 154 Å². The van der Waals surface area contributed by atoms with E-state index in [4.69, 9.17) is 15.2 Å². The average molecular weight is 356 g/mol. The Hall–Kier alpha value is -1.30. The molecule has 0 aromatic heterocycles. The van der Waals surface area contributed by atoms with Crippen LogP contribution in [0.4, 0.5) is 0 Å². The monoisotopic (exact) mass is 356 g/mol. The van der Waals surface area contributed by atoms with E-state index in [9.17, 15) is 5.11 Å². The average Bonchev–Trinajstić information content (AvgIpc) is 3.03. The Kier molecular flexibility index (Phi) is 2.76. The lowest BCUT2D eigenvalue weighted by molar-refractivity contribution is -0.273. The number of ether oxygens (including phenoxy) is 2. The van der Waals surface area contributed by atoms with Crippen LogP contribution in [0.1, 0.15) is 36.8 Å². The molecule has 0 amide bonds. The van der Waals surface area contributed by atoms with Crippen LogP contribution >= 0.6 is 0 Å². The number of phenolic OH excluding ortho intramolecular Hbond substituents is 1. The zero-order valence-electron chi connectivity index (χ0n) is 15.6. The number of phenols is 1. The number of nitrogens with zero attached hydrogens (tertiary/aromatic N) is 1. The number of hydrogen-bond donors (Lipinski definition) is 2. The van der Waals surface area contributed by atoms with Crippen molar-refractivity contribution in [2.24, 2.45) is 17.1 Å². The highest BCUT2D eigenvalue weighted by Gasteiger charge is 2.80. The van der Waals surface area contributed by atoms with Crippen molar-refractivity contribution in [3.63, 3.8) is 0 Å². The largest absolute Gasteiger partial charge is 0.504 e. The molecule has 4 fully saturated rings. The van der Waals surface area contributed by atoms with E-state index in [1.165, 1.54) is 17.5 Å². The van der Waals surface area contributed by atoms with Crippen LogP contribution in [-0.2, 0) is 16.6 Å². The fourth-order valence-corrected chi connectivity index (χ4v) is 8.11. The van der Waals surface area contributed by atoms with Gasteiger partial charge in [-0.15, -0.1) is 0 Å². The van der Waals surface area contributed by atoms with Gasteiger partial charge >= 0.3 is 0 Å². The maximum absolute atomic E-state index is 10.6. The summed E-state index contributed by atoms with van der Waals surface area (Å²) in [7, 11) is 4.12. The van der Waals surface area contributed by atoms with E-state index in [0.717, 1.165) is 38.0 Å². The van der Waals surface area contributed by atoms with Crippen LogP contribution in [0.5, 0.6) is 11.5 Å².